The standard InChI is InChI=1S/C27H22BrN3O2/c1-3-13-30-24-12-11-18(28)15-21(24)22(26(30)32)16-25-29-23-10-5-4-9-20(23)27(33)31(25)19-8-6-7-17(2)14-19/h4-12,14-16H,3,13H2,1-2H3/b22-16+. The summed E-state index contributed by atoms with van der Waals surface area (Å²) in [6.07, 6.45) is 2.59. The topological polar surface area (TPSA) is 55.2 Å². The molecule has 3 aromatic carbocycles. The van der Waals surface area contributed by atoms with Crippen molar-refractivity contribution in [2.45, 2.75) is 20.3 Å². The van der Waals surface area contributed by atoms with Gasteiger partial charge in [0.25, 0.3) is 11.5 Å². The van der Waals surface area contributed by atoms with Crippen LogP contribution in [0.2, 0.25) is 0 Å². The summed E-state index contributed by atoms with van der Waals surface area (Å²) in [5, 5.41) is 0.537. The number of aromatic nitrogens is 2. The summed E-state index contributed by atoms with van der Waals surface area (Å²) < 4.78 is 2.48. The van der Waals surface area contributed by atoms with Crippen LogP contribution in [-0.2, 0) is 4.79 Å². The van der Waals surface area contributed by atoms with Crippen LogP contribution in [0.1, 0.15) is 30.3 Å². The maximum absolute atomic E-state index is 13.6. The van der Waals surface area contributed by atoms with Gasteiger partial charge in [-0.3, -0.25) is 14.2 Å². The number of anilines is 1. The van der Waals surface area contributed by atoms with E-state index in [0.29, 0.717) is 28.8 Å². The van der Waals surface area contributed by atoms with Gasteiger partial charge in [-0.05, 0) is 67.4 Å². The van der Waals surface area contributed by atoms with E-state index in [0.717, 1.165) is 33.4 Å². The van der Waals surface area contributed by atoms with Crippen molar-refractivity contribution in [3.05, 3.63) is 98.5 Å². The second-order valence-corrected chi connectivity index (χ2v) is 9.06. The number of carbonyl (C=O) groups is 1. The average molecular weight is 500 g/mol. The van der Waals surface area contributed by atoms with Gasteiger partial charge in [0, 0.05) is 16.6 Å². The summed E-state index contributed by atoms with van der Waals surface area (Å²) in [6, 6.07) is 20.9. The molecule has 4 aromatic rings. The first-order chi connectivity index (χ1) is 16.0. The number of para-hydroxylation sites is 1. The summed E-state index contributed by atoms with van der Waals surface area (Å²) in [4.78, 5) is 33.6. The number of halogens is 1. The lowest BCUT2D eigenvalue weighted by Crippen LogP contribution is -2.27. The van der Waals surface area contributed by atoms with Crippen molar-refractivity contribution in [1.82, 2.24) is 9.55 Å². The molecule has 164 valence electrons. The van der Waals surface area contributed by atoms with E-state index in [-0.39, 0.29) is 11.5 Å². The number of nitrogens with zero attached hydrogens (tertiary/aromatic N) is 3. The van der Waals surface area contributed by atoms with Crippen LogP contribution in [0.5, 0.6) is 0 Å². The van der Waals surface area contributed by atoms with Crippen LogP contribution in [-0.4, -0.2) is 22.0 Å². The molecule has 1 aliphatic heterocycles. The Bertz CT molecular complexity index is 1500. The summed E-state index contributed by atoms with van der Waals surface area (Å²) in [6.45, 7) is 4.66. The van der Waals surface area contributed by atoms with Crippen molar-refractivity contribution >= 4 is 50.1 Å². The molecule has 0 fully saturated rings. The monoisotopic (exact) mass is 499 g/mol. The number of fused-ring (bicyclic) bond motifs is 2. The summed E-state index contributed by atoms with van der Waals surface area (Å²) >= 11 is 3.53. The number of amides is 1. The lowest BCUT2D eigenvalue weighted by Gasteiger charge is -2.15. The van der Waals surface area contributed by atoms with E-state index >= 15 is 0 Å². The molecular formula is C27H22BrN3O2. The van der Waals surface area contributed by atoms with Crippen LogP contribution in [0.15, 0.2) is 76.0 Å². The Morgan fingerprint density at radius 1 is 1.00 bits per heavy atom. The summed E-state index contributed by atoms with van der Waals surface area (Å²) in [5.41, 5.74) is 4.43. The van der Waals surface area contributed by atoms with Gasteiger partial charge in [-0.25, -0.2) is 4.98 Å². The molecule has 1 aromatic heterocycles. The molecule has 33 heavy (non-hydrogen) atoms. The molecule has 0 bridgehead atoms. The first-order valence-electron chi connectivity index (χ1n) is 10.9. The smallest absolute Gasteiger partial charge is 0.266 e. The molecule has 0 radical (unpaired) electrons. The van der Waals surface area contributed by atoms with Crippen LogP contribution in [0.4, 0.5) is 5.69 Å². The van der Waals surface area contributed by atoms with Crippen LogP contribution in [0.3, 0.4) is 0 Å². The van der Waals surface area contributed by atoms with Gasteiger partial charge in [-0.2, -0.15) is 0 Å². The van der Waals surface area contributed by atoms with Crippen molar-refractivity contribution in [2.24, 2.45) is 0 Å². The lowest BCUT2D eigenvalue weighted by molar-refractivity contribution is -0.113. The van der Waals surface area contributed by atoms with Gasteiger partial charge in [0.15, 0.2) is 0 Å². The maximum atomic E-state index is 13.6. The number of aryl methyl sites for hydroxylation is 1. The normalized spacial score (nSPS) is 14.3. The van der Waals surface area contributed by atoms with Gasteiger partial charge < -0.3 is 4.90 Å². The Balaban J connectivity index is 1.81. The van der Waals surface area contributed by atoms with Gasteiger partial charge in [-0.1, -0.05) is 47.1 Å². The third kappa shape index (κ3) is 3.70. The zero-order valence-electron chi connectivity index (χ0n) is 18.4. The zero-order chi connectivity index (χ0) is 23.1. The van der Waals surface area contributed by atoms with Gasteiger partial charge in [-0.15, -0.1) is 0 Å². The quantitative estimate of drug-likeness (QED) is 0.335. The number of hydrogen-bond acceptors (Lipinski definition) is 3. The third-order valence-electron chi connectivity index (χ3n) is 5.80. The second kappa shape index (κ2) is 8.45. The molecule has 0 atom stereocenters. The van der Waals surface area contributed by atoms with E-state index in [4.69, 9.17) is 4.98 Å². The largest absolute Gasteiger partial charge is 0.308 e. The minimum atomic E-state index is -0.164. The highest BCUT2D eigenvalue weighted by molar-refractivity contribution is 9.10. The molecule has 0 N–H and O–H groups in total. The molecule has 1 amide bonds. The van der Waals surface area contributed by atoms with Gasteiger partial charge in [0.2, 0.25) is 0 Å². The Hall–Kier alpha value is -3.51. The van der Waals surface area contributed by atoms with Gasteiger partial charge in [0.05, 0.1) is 27.9 Å². The molecule has 0 aliphatic carbocycles. The zero-order valence-corrected chi connectivity index (χ0v) is 20.0. The second-order valence-electron chi connectivity index (χ2n) is 8.14. The first-order valence-corrected chi connectivity index (χ1v) is 11.7. The SMILES string of the molecule is CCCN1C(=O)/C(=C/c2nc3ccccc3c(=O)n2-c2cccc(C)c2)c2cc(Br)ccc21. The van der Waals surface area contributed by atoms with E-state index < -0.39 is 0 Å². The Morgan fingerprint density at radius 2 is 1.82 bits per heavy atom. The van der Waals surface area contributed by atoms with Crippen LogP contribution in [0.25, 0.3) is 28.2 Å². The van der Waals surface area contributed by atoms with Crippen LogP contribution < -0.4 is 10.5 Å². The fraction of sp³-hybridized carbons (Fsp3) is 0.148. The molecule has 0 saturated heterocycles. The molecule has 0 unspecified atom stereocenters. The van der Waals surface area contributed by atoms with Crippen molar-refractivity contribution in [2.75, 3.05) is 11.4 Å². The molecule has 5 rings (SSSR count). The van der Waals surface area contributed by atoms with Crippen LogP contribution >= 0.6 is 15.9 Å². The third-order valence-corrected chi connectivity index (χ3v) is 6.29. The van der Waals surface area contributed by atoms with E-state index in [2.05, 4.69) is 15.9 Å². The van der Waals surface area contributed by atoms with Crippen LogP contribution in [0, 0.1) is 6.92 Å². The summed E-state index contributed by atoms with van der Waals surface area (Å²) in [5.74, 6) is 0.347. The Labute approximate surface area is 200 Å². The average Bonchev–Trinajstić information content (AvgIpc) is 3.05. The summed E-state index contributed by atoms with van der Waals surface area (Å²) in [7, 11) is 0. The predicted molar refractivity (Wildman–Crippen MR) is 137 cm³/mol. The molecule has 1 aliphatic rings. The van der Waals surface area contributed by atoms with E-state index in [1.807, 2.05) is 74.5 Å². The minimum Gasteiger partial charge on any atom is -0.308 e. The van der Waals surface area contributed by atoms with Gasteiger partial charge >= 0.3 is 0 Å². The Kier molecular flexibility index (Phi) is 5.46. The molecule has 0 spiro atoms. The fourth-order valence-electron chi connectivity index (χ4n) is 4.31. The fourth-order valence-corrected chi connectivity index (χ4v) is 4.67. The minimum absolute atomic E-state index is 0.0804. The number of hydrogen-bond donors (Lipinski definition) is 0. The van der Waals surface area contributed by atoms with E-state index in [1.54, 1.807) is 21.6 Å². The van der Waals surface area contributed by atoms with Crippen molar-refractivity contribution < 1.29 is 4.79 Å². The highest BCUT2D eigenvalue weighted by atomic mass is 79.9. The molecule has 5 nitrogen and oxygen atoms in total. The predicted octanol–water partition coefficient (Wildman–Crippen LogP) is 5.75. The highest BCUT2D eigenvalue weighted by Gasteiger charge is 2.32. The Morgan fingerprint density at radius 3 is 2.61 bits per heavy atom. The molecular weight excluding hydrogens is 478 g/mol. The van der Waals surface area contributed by atoms with E-state index in [1.165, 1.54) is 0 Å². The lowest BCUT2D eigenvalue weighted by atomic mass is 10.1. The molecule has 0 saturated carbocycles. The number of rotatable bonds is 4. The van der Waals surface area contributed by atoms with E-state index in [9.17, 15) is 9.59 Å². The van der Waals surface area contributed by atoms with Crippen molar-refractivity contribution in [3.63, 3.8) is 0 Å². The number of benzene rings is 3. The molecule has 2 heterocycles. The van der Waals surface area contributed by atoms with Gasteiger partial charge in [0.1, 0.15) is 5.82 Å². The maximum Gasteiger partial charge on any atom is 0.266 e. The number of carbonyl (C=O) groups excluding carboxylic acids is 1. The van der Waals surface area contributed by atoms with Crippen molar-refractivity contribution in [1.29, 1.82) is 0 Å². The molecule has 6 heteroatoms. The highest BCUT2D eigenvalue weighted by Crippen LogP contribution is 2.39. The first kappa shape index (κ1) is 21.3. The van der Waals surface area contributed by atoms with Crippen molar-refractivity contribution in [3.8, 4) is 5.69 Å².